The monoisotopic (exact) mass is 367 g/mol. The summed E-state index contributed by atoms with van der Waals surface area (Å²) < 4.78 is 10.1. The number of ether oxygens (including phenoxy) is 2. The Morgan fingerprint density at radius 2 is 1.88 bits per heavy atom. The van der Waals surface area contributed by atoms with E-state index in [4.69, 9.17) is 32.7 Å². The highest BCUT2D eigenvalue weighted by Crippen LogP contribution is 2.21. The SMILES string of the molecule is Cc1cc(OCC(=O)OCC(=O)Nc2cccc(Cl)c2)ccc1Cl. The molecule has 7 heteroatoms. The number of nitrogens with one attached hydrogen (secondary N) is 1. The first-order chi connectivity index (χ1) is 11.4. The third-order valence-electron chi connectivity index (χ3n) is 2.96. The highest BCUT2D eigenvalue weighted by Gasteiger charge is 2.09. The van der Waals surface area contributed by atoms with Crippen molar-refractivity contribution in [3.63, 3.8) is 0 Å². The number of carbonyl (C=O) groups is 2. The number of benzene rings is 2. The number of carbonyl (C=O) groups excluding carboxylic acids is 2. The molecule has 0 saturated heterocycles. The fourth-order valence-corrected chi connectivity index (χ4v) is 2.11. The smallest absolute Gasteiger partial charge is 0.344 e. The number of esters is 1. The molecule has 0 atom stereocenters. The van der Waals surface area contributed by atoms with E-state index in [1.807, 2.05) is 6.92 Å². The number of hydrogen-bond acceptors (Lipinski definition) is 4. The van der Waals surface area contributed by atoms with E-state index in [9.17, 15) is 9.59 Å². The van der Waals surface area contributed by atoms with Crippen molar-refractivity contribution in [3.05, 3.63) is 58.1 Å². The summed E-state index contributed by atoms with van der Waals surface area (Å²) in [7, 11) is 0. The second kappa shape index (κ2) is 8.57. The van der Waals surface area contributed by atoms with Crippen molar-refractivity contribution in [3.8, 4) is 5.75 Å². The lowest BCUT2D eigenvalue weighted by molar-refractivity contribution is -0.149. The third-order valence-corrected chi connectivity index (χ3v) is 3.62. The van der Waals surface area contributed by atoms with Crippen LogP contribution in [-0.2, 0) is 14.3 Å². The Labute approximate surface area is 149 Å². The molecule has 0 unspecified atom stereocenters. The van der Waals surface area contributed by atoms with Gasteiger partial charge in [0.1, 0.15) is 5.75 Å². The molecule has 0 fully saturated rings. The largest absolute Gasteiger partial charge is 0.482 e. The van der Waals surface area contributed by atoms with Crippen molar-refractivity contribution >= 4 is 40.8 Å². The summed E-state index contributed by atoms with van der Waals surface area (Å²) in [6.45, 7) is 1.12. The summed E-state index contributed by atoms with van der Waals surface area (Å²) in [6.07, 6.45) is 0. The van der Waals surface area contributed by atoms with Crippen LogP contribution < -0.4 is 10.1 Å². The summed E-state index contributed by atoms with van der Waals surface area (Å²) in [6, 6.07) is 11.7. The molecule has 0 saturated carbocycles. The molecular formula is C17H15Cl2NO4. The number of aryl methyl sites for hydroxylation is 1. The van der Waals surface area contributed by atoms with E-state index in [-0.39, 0.29) is 6.61 Å². The topological polar surface area (TPSA) is 64.6 Å². The van der Waals surface area contributed by atoms with E-state index >= 15 is 0 Å². The summed E-state index contributed by atoms with van der Waals surface area (Å²) in [5.41, 5.74) is 1.36. The van der Waals surface area contributed by atoms with Crippen LogP contribution in [0.4, 0.5) is 5.69 Å². The molecule has 24 heavy (non-hydrogen) atoms. The zero-order chi connectivity index (χ0) is 17.5. The Balaban J connectivity index is 1.74. The maximum atomic E-state index is 11.7. The molecule has 1 N–H and O–H groups in total. The average Bonchev–Trinajstić information content (AvgIpc) is 2.54. The first kappa shape index (κ1) is 18.1. The van der Waals surface area contributed by atoms with Crippen molar-refractivity contribution < 1.29 is 19.1 Å². The van der Waals surface area contributed by atoms with Crippen LogP contribution in [0.25, 0.3) is 0 Å². The maximum absolute atomic E-state index is 11.7. The lowest BCUT2D eigenvalue weighted by Gasteiger charge is -2.09. The van der Waals surface area contributed by atoms with Gasteiger partial charge in [-0.1, -0.05) is 29.3 Å². The Hall–Kier alpha value is -2.24. The first-order valence-electron chi connectivity index (χ1n) is 7.04. The van der Waals surface area contributed by atoms with Crippen LogP contribution >= 0.6 is 23.2 Å². The predicted octanol–water partition coefficient (Wildman–Crippen LogP) is 3.86. The highest BCUT2D eigenvalue weighted by molar-refractivity contribution is 6.31. The van der Waals surface area contributed by atoms with Crippen LogP contribution in [0.15, 0.2) is 42.5 Å². The molecule has 2 aromatic carbocycles. The molecule has 2 rings (SSSR count). The molecule has 0 heterocycles. The van der Waals surface area contributed by atoms with Crippen molar-refractivity contribution in [1.29, 1.82) is 0 Å². The minimum absolute atomic E-state index is 0.300. The molecule has 0 radical (unpaired) electrons. The summed E-state index contributed by atoms with van der Waals surface area (Å²) >= 11 is 11.7. The molecule has 126 valence electrons. The number of amides is 1. The minimum Gasteiger partial charge on any atom is -0.482 e. The lowest BCUT2D eigenvalue weighted by Crippen LogP contribution is -2.23. The van der Waals surface area contributed by atoms with Gasteiger partial charge in [0.05, 0.1) is 0 Å². The molecule has 0 aliphatic heterocycles. The number of rotatable bonds is 6. The van der Waals surface area contributed by atoms with Gasteiger partial charge in [0.15, 0.2) is 13.2 Å². The van der Waals surface area contributed by atoms with Crippen LogP contribution in [0, 0.1) is 6.92 Å². The number of anilines is 1. The van der Waals surface area contributed by atoms with E-state index < -0.39 is 18.5 Å². The van der Waals surface area contributed by atoms with Gasteiger partial charge in [0, 0.05) is 15.7 Å². The Morgan fingerprint density at radius 1 is 1.08 bits per heavy atom. The standard InChI is InChI=1S/C17H15Cl2NO4/c1-11-7-14(5-6-15(11)19)23-10-17(22)24-9-16(21)20-13-4-2-3-12(18)8-13/h2-8H,9-10H2,1H3,(H,20,21). The molecule has 2 aromatic rings. The number of hydrogen-bond donors (Lipinski definition) is 1. The Morgan fingerprint density at radius 3 is 2.58 bits per heavy atom. The summed E-state index contributed by atoms with van der Waals surface area (Å²) in [5, 5.41) is 3.68. The maximum Gasteiger partial charge on any atom is 0.344 e. The molecule has 0 bridgehead atoms. The van der Waals surface area contributed by atoms with E-state index in [0.29, 0.717) is 21.5 Å². The highest BCUT2D eigenvalue weighted by atomic mass is 35.5. The fourth-order valence-electron chi connectivity index (χ4n) is 1.80. The first-order valence-corrected chi connectivity index (χ1v) is 7.79. The van der Waals surface area contributed by atoms with Crippen LogP contribution in [-0.4, -0.2) is 25.1 Å². The van der Waals surface area contributed by atoms with E-state index in [0.717, 1.165) is 5.56 Å². The van der Waals surface area contributed by atoms with Gasteiger partial charge < -0.3 is 14.8 Å². The van der Waals surface area contributed by atoms with Gasteiger partial charge in [-0.2, -0.15) is 0 Å². The van der Waals surface area contributed by atoms with Crippen molar-refractivity contribution in [2.24, 2.45) is 0 Å². The molecule has 1 amide bonds. The van der Waals surface area contributed by atoms with Crippen molar-refractivity contribution in [1.82, 2.24) is 0 Å². The minimum atomic E-state index is -0.649. The van der Waals surface area contributed by atoms with Crippen molar-refractivity contribution in [2.75, 3.05) is 18.5 Å². The van der Waals surface area contributed by atoms with Gasteiger partial charge >= 0.3 is 5.97 Å². The fraction of sp³-hybridized carbons (Fsp3) is 0.176. The molecular weight excluding hydrogens is 353 g/mol. The second-order valence-electron chi connectivity index (χ2n) is 4.92. The molecule has 0 spiro atoms. The van der Waals surface area contributed by atoms with E-state index in [1.54, 1.807) is 42.5 Å². The lowest BCUT2D eigenvalue weighted by atomic mass is 10.2. The quantitative estimate of drug-likeness (QED) is 0.787. The van der Waals surface area contributed by atoms with Crippen LogP contribution in [0.5, 0.6) is 5.75 Å². The van der Waals surface area contributed by atoms with Crippen molar-refractivity contribution in [2.45, 2.75) is 6.92 Å². The van der Waals surface area contributed by atoms with Gasteiger partial charge in [0.2, 0.25) is 0 Å². The van der Waals surface area contributed by atoms with Crippen LogP contribution in [0.3, 0.4) is 0 Å². The van der Waals surface area contributed by atoms with Crippen LogP contribution in [0.1, 0.15) is 5.56 Å². The van der Waals surface area contributed by atoms with E-state index in [1.165, 1.54) is 0 Å². The predicted molar refractivity (Wildman–Crippen MR) is 92.7 cm³/mol. The van der Waals surface area contributed by atoms with Crippen LogP contribution in [0.2, 0.25) is 10.0 Å². The Kier molecular flexibility index (Phi) is 6.46. The normalized spacial score (nSPS) is 10.1. The molecule has 5 nitrogen and oxygen atoms in total. The summed E-state index contributed by atoms with van der Waals surface area (Å²) in [5.74, 6) is -0.617. The van der Waals surface area contributed by atoms with Gasteiger partial charge in [-0.05, 0) is 48.9 Å². The average molecular weight is 368 g/mol. The summed E-state index contributed by atoms with van der Waals surface area (Å²) in [4.78, 5) is 23.3. The zero-order valence-electron chi connectivity index (χ0n) is 12.8. The zero-order valence-corrected chi connectivity index (χ0v) is 14.4. The molecule has 0 aliphatic carbocycles. The third kappa shape index (κ3) is 5.76. The molecule has 0 aromatic heterocycles. The van der Waals surface area contributed by atoms with Gasteiger partial charge in [-0.3, -0.25) is 4.79 Å². The van der Waals surface area contributed by atoms with Gasteiger partial charge in [-0.15, -0.1) is 0 Å². The number of halogens is 2. The van der Waals surface area contributed by atoms with Gasteiger partial charge in [0.25, 0.3) is 5.91 Å². The van der Waals surface area contributed by atoms with E-state index in [2.05, 4.69) is 5.32 Å². The Bertz CT molecular complexity index is 749. The van der Waals surface area contributed by atoms with Gasteiger partial charge in [-0.25, -0.2) is 4.79 Å². The second-order valence-corrected chi connectivity index (χ2v) is 5.76. The molecule has 0 aliphatic rings.